The second-order valence-corrected chi connectivity index (χ2v) is 10.6. The molecule has 0 radical (unpaired) electrons. The summed E-state index contributed by atoms with van der Waals surface area (Å²) in [6.45, 7) is 5.60. The van der Waals surface area contributed by atoms with Crippen molar-refractivity contribution in [2.45, 2.75) is 26.8 Å². The maximum Gasteiger partial charge on any atom is 0.261 e. The van der Waals surface area contributed by atoms with Gasteiger partial charge in [-0.2, -0.15) is 0 Å². The van der Waals surface area contributed by atoms with Gasteiger partial charge in [-0.3, -0.25) is 14.6 Å². The van der Waals surface area contributed by atoms with Gasteiger partial charge in [-0.25, -0.2) is 13.8 Å². The first-order valence-corrected chi connectivity index (χ1v) is 13.7. The lowest BCUT2D eigenvalue weighted by Crippen LogP contribution is -2.26. The molecule has 0 saturated heterocycles. The first-order valence-electron chi connectivity index (χ1n) is 12.9. The molecule has 0 aliphatic rings. The molecule has 0 atom stereocenters. The number of carbonyl (C=O) groups excluding carboxylic acids is 1. The van der Waals surface area contributed by atoms with Crippen LogP contribution in [0, 0.1) is 18.6 Å². The molecule has 1 amide bonds. The average molecular weight is 635 g/mol. The number of pyridine rings is 3. The zero-order valence-electron chi connectivity index (χ0n) is 23.0. The van der Waals surface area contributed by atoms with Crippen LogP contribution in [0.2, 0.25) is 0 Å². The van der Waals surface area contributed by atoms with Crippen LogP contribution in [0.4, 0.5) is 14.5 Å². The molecule has 0 bridgehead atoms. The van der Waals surface area contributed by atoms with E-state index >= 15 is 4.39 Å². The molecule has 1 N–H and O–H groups in total. The molecule has 5 aromatic rings. The first kappa shape index (κ1) is 28.9. The normalized spacial score (nSPS) is 11.1. The van der Waals surface area contributed by atoms with Crippen molar-refractivity contribution < 1.29 is 23.0 Å². The van der Waals surface area contributed by atoms with Crippen LogP contribution in [0.1, 0.15) is 35.9 Å². The van der Waals surface area contributed by atoms with Crippen molar-refractivity contribution in [3.8, 4) is 28.5 Å². The first-order chi connectivity index (χ1) is 20.1. The van der Waals surface area contributed by atoms with E-state index < -0.39 is 23.0 Å². The van der Waals surface area contributed by atoms with Crippen molar-refractivity contribution in [3.63, 3.8) is 0 Å². The minimum absolute atomic E-state index is 0.0786. The fourth-order valence-corrected chi connectivity index (χ4v) is 5.05. The van der Waals surface area contributed by atoms with Gasteiger partial charge in [-0.1, -0.05) is 12.1 Å². The number of hydrogen-bond donors (Lipinski definition) is 1. The molecule has 42 heavy (non-hydrogen) atoms. The zero-order valence-corrected chi connectivity index (χ0v) is 24.6. The highest BCUT2D eigenvalue weighted by Gasteiger charge is 2.21. The molecule has 2 aromatic carbocycles. The molecular formula is C31H25BrF2N4O4. The molecule has 3 aromatic heterocycles. The molecule has 8 nitrogen and oxygen atoms in total. The van der Waals surface area contributed by atoms with Crippen LogP contribution < -0.4 is 20.2 Å². The number of rotatable bonds is 7. The van der Waals surface area contributed by atoms with Gasteiger partial charge in [-0.15, -0.1) is 0 Å². The third kappa shape index (κ3) is 5.60. The van der Waals surface area contributed by atoms with Gasteiger partial charge < -0.3 is 19.4 Å². The fraction of sp³-hybridized carbons (Fsp3) is 0.161. The summed E-state index contributed by atoms with van der Waals surface area (Å²) in [5.41, 5.74) is 1.74. The standard InChI is InChI=1S/C31H25BrF2N4O4/c1-16(2)38-15-21(29(39)27(17(38)3)18-5-7-19(33)8-6-18)30(40)36-20-9-10-25(23(34)13-20)42-26-11-12-35-24-14-22(32)31(41-4)37-28(24)26/h5-16H,1-4H3,(H,36,40). The summed E-state index contributed by atoms with van der Waals surface area (Å²) in [7, 11) is 1.47. The predicted molar refractivity (Wildman–Crippen MR) is 159 cm³/mol. The summed E-state index contributed by atoms with van der Waals surface area (Å²) >= 11 is 3.36. The summed E-state index contributed by atoms with van der Waals surface area (Å²) in [4.78, 5) is 35.5. The molecule has 214 valence electrons. The number of aromatic nitrogens is 3. The Morgan fingerprint density at radius 3 is 2.45 bits per heavy atom. The number of anilines is 1. The smallest absolute Gasteiger partial charge is 0.261 e. The highest BCUT2D eigenvalue weighted by molar-refractivity contribution is 9.10. The number of methoxy groups -OCH3 is 1. The van der Waals surface area contributed by atoms with Gasteiger partial charge in [0, 0.05) is 47.5 Å². The van der Waals surface area contributed by atoms with Gasteiger partial charge in [0.15, 0.2) is 17.3 Å². The van der Waals surface area contributed by atoms with Crippen LogP contribution in [0.5, 0.6) is 17.4 Å². The highest BCUT2D eigenvalue weighted by Crippen LogP contribution is 2.34. The number of amides is 1. The largest absolute Gasteiger partial charge is 0.480 e. The zero-order chi connectivity index (χ0) is 30.1. The van der Waals surface area contributed by atoms with Crippen LogP contribution >= 0.6 is 15.9 Å². The number of carbonyl (C=O) groups is 1. The lowest BCUT2D eigenvalue weighted by molar-refractivity contribution is 0.102. The van der Waals surface area contributed by atoms with Crippen molar-refractivity contribution >= 4 is 38.6 Å². The van der Waals surface area contributed by atoms with Gasteiger partial charge in [0.1, 0.15) is 16.9 Å². The SMILES string of the molecule is COc1nc2c(Oc3ccc(NC(=O)c4cn(C(C)C)c(C)c(-c5ccc(F)cc5)c4=O)cc3F)ccnc2cc1Br. The van der Waals surface area contributed by atoms with E-state index in [1.54, 1.807) is 23.6 Å². The van der Waals surface area contributed by atoms with E-state index in [1.165, 1.54) is 55.9 Å². The lowest BCUT2D eigenvalue weighted by Gasteiger charge is -2.20. The van der Waals surface area contributed by atoms with Gasteiger partial charge in [0.2, 0.25) is 11.3 Å². The monoisotopic (exact) mass is 634 g/mol. The second kappa shape index (κ2) is 11.7. The van der Waals surface area contributed by atoms with Crippen LogP contribution in [0.25, 0.3) is 22.2 Å². The number of halogens is 3. The Labute approximate surface area is 248 Å². The number of benzene rings is 2. The molecule has 0 spiro atoms. The Bertz CT molecular complexity index is 1890. The maximum atomic E-state index is 15.2. The molecule has 5 rings (SSSR count). The van der Waals surface area contributed by atoms with Crippen molar-refractivity contribution in [3.05, 3.63) is 105 Å². The third-order valence-electron chi connectivity index (χ3n) is 6.62. The predicted octanol–water partition coefficient (Wildman–Crippen LogP) is 7.44. The van der Waals surface area contributed by atoms with Crippen molar-refractivity contribution in [2.24, 2.45) is 0 Å². The van der Waals surface area contributed by atoms with Crippen LogP contribution in [0.3, 0.4) is 0 Å². The number of nitrogens with one attached hydrogen (secondary N) is 1. The Kier molecular flexibility index (Phi) is 8.04. The lowest BCUT2D eigenvalue weighted by atomic mass is 10.00. The minimum Gasteiger partial charge on any atom is -0.480 e. The Morgan fingerprint density at radius 1 is 1.05 bits per heavy atom. The second-order valence-electron chi connectivity index (χ2n) is 9.70. The van der Waals surface area contributed by atoms with Gasteiger partial charge in [0.05, 0.1) is 17.1 Å². The molecular weight excluding hydrogens is 610 g/mol. The molecule has 3 heterocycles. The molecule has 0 fully saturated rings. The summed E-state index contributed by atoms with van der Waals surface area (Å²) in [5, 5.41) is 2.60. The third-order valence-corrected chi connectivity index (χ3v) is 7.19. The van der Waals surface area contributed by atoms with Gasteiger partial charge in [0.25, 0.3) is 5.91 Å². The molecule has 0 saturated carbocycles. The van der Waals surface area contributed by atoms with E-state index in [0.717, 1.165) is 6.07 Å². The Hall–Kier alpha value is -4.64. The van der Waals surface area contributed by atoms with Crippen molar-refractivity contribution in [2.75, 3.05) is 12.4 Å². The number of ether oxygens (including phenoxy) is 2. The number of nitrogens with zero attached hydrogens (tertiary/aromatic N) is 3. The van der Waals surface area contributed by atoms with E-state index in [2.05, 4.69) is 31.2 Å². The topological polar surface area (TPSA) is 95.3 Å². The number of hydrogen-bond acceptors (Lipinski definition) is 6. The van der Waals surface area contributed by atoms with Gasteiger partial charge >= 0.3 is 0 Å². The highest BCUT2D eigenvalue weighted by atomic mass is 79.9. The van der Waals surface area contributed by atoms with E-state index in [4.69, 9.17) is 9.47 Å². The molecule has 0 unspecified atom stereocenters. The minimum atomic E-state index is -0.752. The van der Waals surface area contributed by atoms with E-state index in [1.807, 2.05) is 13.8 Å². The quantitative estimate of drug-likeness (QED) is 0.200. The summed E-state index contributed by atoms with van der Waals surface area (Å²) in [6, 6.07) is 12.6. The van der Waals surface area contributed by atoms with Crippen LogP contribution in [-0.2, 0) is 0 Å². The number of fused-ring (bicyclic) bond motifs is 1. The van der Waals surface area contributed by atoms with Crippen LogP contribution in [0.15, 0.2) is 76.3 Å². The summed E-state index contributed by atoms with van der Waals surface area (Å²) in [5.74, 6) is -1.45. The molecule has 0 aliphatic heterocycles. The van der Waals surface area contributed by atoms with Crippen LogP contribution in [-0.4, -0.2) is 27.6 Å². The maximum absolute atomic E-state index is 15.2. The fourth-order valence-electron chi connectivity index (χ4n) is 4.59. The van der Waals surface area contributed by atoms with Gasteiger partial charge in [-0.05, 0) is 72.6 Å². The molecule has 11 heteroatoms. The summed E-state index contributed by atoms with van der Waals surface area (Å²) < 4.78 is 42.2. The Balaban J connectivity index is 1.45. The average Bonchev–Trinajstić information content (AvgIpc) is 2.95. The Morgan fingerprint density at radius 2 is 1.79 bits per heavy atom. The van der Waals surface area contributed by atoms with Crippen molar-refractivity contribution in [1.82, 2.24) is 14.5 Å². The summed E-state index contributed by atoms with van der Waals surface area (Å²) in [6.07, 6.45) is 2.99. The molecule has 0 aliphatic carbocycles. The van der Waals surface area contributed by atoms with E-state index in [9.17, 15) is 14.0 Å². The van der Waals surface area contributed by atoms with E-state index in [0.29, 0.717) is 32.6 Å². The van der Waals surface area contributed by atoms with Crippen molar-refractivity contribution in [1.29, 1.82) is 0 Å². The van der Waals surface area contributed by atoms with E-state index in [-0.39, 0.29) is 34.4 Å².